The first-order chi connectivity index (χ1) is 13.7. The summed E-state index contributed by atoms with van der Waals surface area (Å²) in [6.07, 6.45) is 2.07. The van der Waals surface area contributed by atoms with E-state index in [4.69, 9.17) is 10.00 Å². The number of carbonyl (C=O) groups is 1. The number of hydrogen-bond donors (Lipinski definition) is 0. The Labute approximate surface area is 165 Å². The molecule has 0 unspecified atom stereocenters. The van der Waals surface area contributed by atoms with Gasteiger partial charge in [0.15, 0.2) is 0 Å². The number of ether oxygens (including phenoxy) is 1. The van der Waals surface area contributed by atoms with Crippen molar-refractivity contribution in [3.63, 3.8) is 0 Å². The molecule has 2 aromatic rings. The van der Waals surface area contributed by atoms with Crippen LogP contribution in [0.15, 0.2) is 48.7 Å². The maximum atomic E-state index is 13.0. The highest BCUT2D eigenvalue weighted by Gasteiger charge is 2.24. The second-order valence-electron chi connectivity index (χ2n) is 6.58. The molecule has 1 fully saturated rings. The molecule has 0 aliphatic carbocycles. The third-order valence-corrected chi connectivity index (χ3v) is 4.83. The number of piperazine rings is 1. The second kappa shape index (κ2) is 9.72. The van der Waals surface area contributed by atoms with Gasteiger partial charge in [-0.25, -0.2) is 4.98 Å². The number of methoxy groups -OCH3 is 1. The van der Waals surface area contributed by atoms with Gasteiger partial charge in [0.1, 0.15) is 11.6 Å². The van der Waals surface area contributed by atoms with E-state index in [0.717, 1.165) is 32.0 Å². The van der Waals surface area contributed by atoms with Crippen LogP contribution < -0.4 is 14.5 Å². The minimum absolute atomic E-state index is 0.0222. The van der Waals surface area contributed by atoms with Gasteiger partial charge in [0, 0.05) is 38.9 Å². The van der Waals surface area contributed by atoms with E-state index in [1.807, 2.05) is 42.5 Å². The summed E-state index contributed by atoms with van der Waals surface area (Å²) in [5.41, 5.74) is 0.706. The lowest BCUT2D eigenvalue weighted by Gasteiger charge is -2.36. The normalized spacial score (nSPS) is 14.4. The monoisotopic (exact) mass is 379 g/mol. The van der Waals surface area contributed by atoms with Crippen LogP contribution in [0.1, 0.15) is 6.42 Å². The molecule has 0 spiro atoms. The molecule has 7 nitrogen and oxygen atoms in total. The molecule has 0 atom stereocenters. The molecule has 1 aromatic carbocycles. The maximum absolute atomic E-state index is 13.0. The average molecular weight is 379 g/mol. The number of nitriles is 1. The summed E-state index contributed by atoms with van der Waals surface area (Å²) in [4.78, 5) is 23.5. The number of para-hydroxylation sites is 2. The highest BCUT2D eigenvalue weighted by atomic mass is 16.5. The van der Waals surface area contributed by atoms with Crippen LogP contribution in [-0.4, -0.2) is 62.2 Å². The molecule has 1 aliphatic rings. The molecule has 28 heavy (non-hydrogen) atoms. The topological polar surface area (TPSA) is 72.7 Å². The lowest BCUT2D eigenvalue weighted by molar-refractivity contribution is -0.119. The van der Waals surface area contributed by atoms with Gasteiger partial charge in [-0.05, 0) is 24.3 Å². The molecule has 1 aromatic heterocycles. The largest absolute Gasteiger partial charge is 0.495 e. The predicted molar refractivity (Wildman–Crippen MR) is 108 cm³/mol. The van der Waals surface area contributed by atoms with E-state index >= 15 is 0 Å². The van der Waals surface area contributed by atoms with Crippen molar-refractivity contribution in [2.24, 2.45) is 0 Å². The minimum Gasteiger partial charge on any atom is -0.495 e. The van der Waals surface area contributed by atoms with E-state index < -0.39 is 0 Å². The molecule has 1 saturated heterocycles. The molecule has 2 heterocycles. The van der Waals surface area contributed by atoms with Gasteiger partial charge in [-0.3, -0.25) is 9.69 Å². The molecule has 1 amide bonds. The van der Waals surface area contributed by atoms with Gasteiger partial charge in [0.2, 0.25) is 5.91 Å². The van der Waals surface area contributed by atoms with E-state index in [2.05, 4.69) is 20.9 Å². The first-order valence-corrected chi connectivity index (χ1v) is 9.41. The Morgan fingerprint density at radius 1 is 1.18 bits per heavy atom. The van der Waals surface area contributed by atoms with Crippen LogP contribution in [0.3, 0.4) is 0 Å². The Hall–Kier alpha value is -3.11. The quantitative estimate of drug-likeness (QED) is 0.734. The van der Waals surface area contributed by atoms with E-state index in [1.54, 1.807) is 18.2 Å². The SMILES string of the molecule is COc1ccccc1N(CCC#N)C(=O)CN1CCN(c2ccccn2)CC1. The fourth-order valence-corrected chi connectivity index (χ4v) is 3.35. The summed E-state index contributed by atoms with van der Waals surface area (Å²) >= 11 is 0. The van der Waals surface area contributed by atoms with Gasteiger partial charge < -0.3 is 14.5 Å². The Kier molecular flexibility index (Phi) is 6.82. The van der Waals surface area contributed by atoms with Crippen LogP contribution in [0.5, 0.6) is 5.75 Å². The van der Waals surface area contributed by atoms with E-state index in [1.165, 1.54) is 0 Å². The maximum Gasteiger partial charge on any atom is 0.241 e. The van der Waals surface area contributed by atoms with Crippen molar-refractivity contribution in [1.29, 1.82) is 5.26 Å². The Bertz CT molecular complexity index is 813. The number of rotatable bonds is 7. The number of aromatic nitrogens is 1. The van der Waals surface area contributed by atoms with Gasteiger partial charge >= 0.3 is 0 Å². The zero-order valence-corrected chi connectivity index (χ0v) is 16.1. The van der Waals surface area contributed by atoms with Crippen molar-refractivity contribution in [2.75, 3.05) is 56.2 Å². The number of hydrogen-bond acceptors (Lipinski definition) is 6. The molecule has 146 valence electrons. The minimum atomic E-state index is -0.0222. The van der Waals surface area contributed by atoms with Gasteiger partial charge in [0.05, 0.1) is 31.8 Å². The number of amides is 1. The first-order valence-electron chi connectivity index (χ1n) is 9.41. The van der Waals surface area contributed by atoms with Crippen LogP contribution >= 0.6 is 0 Å². The number of pyridine rings is 1. The van der Waals surface area contributed by atoms with E-state index in [-0.39, 0.29) is 12.3 Å². The summed E-state index contributed by atoms with van der Waals surface area (Å²) in [6.45, 7) is 3.91. The number of nitrogens with zero attached hydrogens (tertiary/aromatic N) is 5. The molecule has 0 N–H and O–H groups in total. The molecule has 3 rings (SSSR count). The highest BCUT2D eigenvalue weighted by Crippen LogP contribution is 2.28. The summed E-state index contributed by atoms with van der Waals surface area (Å²) in [5, 5.41) is 8.99. The zero-order chi connectivity index (χ0) is 19.8. The molecule has 7 heteroatoms. The highest BCUT2D eigenvalue weighted by molar-refractivity contribution is 5.96. The van der Waals surface area contributed by atoms with Crippen molar-refractivity contribution in [3.05, 3.63) is 48.7 Å². The summed E-state index contributed by atoms with van der Waals surface area (Å²) < 4.78 is 5.41. The van der Waals surface area contributed by atoms with Crippen molar-refractivity contribution < 1.29 is 9.53 Å². The van der Waals surface area contributed by atoms with Crippen molar-refractivity contribution in [2.45, 2.75) is 6.42 Å². The Morgan fingerprint density at radius 2 is 1.93 bits per heavy atom. The lowest BCUT2D eigenvalue weighted by Crippen LogP contribution is -2.50. The smallest absolute Gasteiger partial charge is 0.241 e. The van der Waals surface area contributed by atoms with Crippen molar-refractivity contribution in [1.82, 2.24) is 9.88 Å². The zero-order valence-electron chi connectivity index (χ0n) is 16.1. The number of carbonyl (C=O) groups excluding carboxylic acids is 1. The third kappa shape index (κ3) is 4.78. The molecular formula is C21H25N5O2. The van der Waals surface area contributed by atoms with E-state index in [0.29, 0.717) is 24.5 Å². The fourth-order valence-electron chi connectivity index (χ4n) is 3.35. The number of benzene rings is 1. The van der Waals surface area contributed by atoms with Crippen LogP contribution in [-0.2, 0) is 4.79 Å². The predicted octanol–water partition coefficient (Wildman–Crippen LogP) is 2.16. The molecular weight excluding hydrogens is 354 g/mol. The number of anilines is 2. The summed E-state index contributed by atoms with van der Waals surface area (Å²) in [5.74, 6) is 1.58. The standard InChI is InChI=1S/C21H25N5O2/c1-28-19-8-3-2-7-18(19)26(12-6-10-22)21(27)17-24-13-15-25(16-14-24)20-9-4-5-11-23-20/h2-5,7-9,11H,6,12-17H2,1H3. The molecule has 0 radical (unpaired) electrons. The van der Waals surface area contributed by atoms with Crippen molar-refractivity contribution >= 4 is 17.4 Å². The van der Waals surface area contributed by atoms with Gasteiger partial charge in [0.25, 0.3) is 0 Å². The Balaban J connectivity index is 1.63. The van der Waals surface area contributed by atoms with Crippen LogP contribution in [0.2, 0.25) is 0 Å². The summed E-state index contributed by atoms with van der Waals surface area (Å²) in [6, 6.07) is 15.4. The van der Waals surface area contributed by atoms with Crippen LogP contribution in [0.25, 0.3) is 0 Å². The molecule has 0 saturated carbocycles. The lowest BCUT2D eigenvalue weighted by atomic mass is 10.2. The first kappa shape index (κ1) is 19.6. The van der Waals surface area contributed by atoms with Gasteiger partial charge in [-0.2, -0.15) is 5.26 Å². The third-order valence-electron chi connectivity index (χ3n) is 4.83. The average Bonchev–Trinajstić information content (AvgIpc) is 2.75. The van der Waals surface area contributed by atoms with Crippen LogP contribution in [0, 0.1) is 11.3 Å². The molecule has 1 aliphatic heterocycles. The van der Waals surface area contributed by atoms with Gasteiger partial charge in [-0.1, -0.05) is 18.2 Å². The van der Waals surface area contributed by atoms with Crippen LogP contribution in [0.4, 0.5) is 11.5 Å². The fraction of sp³-hybridized carbons (Fsp3) is 0.381. The second-order valence-corrected chi connectivity index (χ2v) is 6.58. The Morgan fingerprint density at radius 3 is 2.61 bits per heavy atom. The van der Waals surface area contributed by atoms with Gasteiger partial charge in [-0.15, -0.1) is 0 Å². The van der Waals surface area contributed by atoms with Crippen molar-refractivity contribution in [3.8, 4) is 11.8 Å². The summed E-state index contributed by atoms with van der Waals surface area (Å²) in [7, 11) is 1.59. The van der Waals surface area contributed by atoms with E-state index in [9.17, 15) is 4.79 Å². The molecule has 0 bridgehead atoms.